The molecule has 0 unspecified atom stereocenters. The van der Waals surface area contributed by atoms with Crippen molar-refractivity contribution in [2.75, 3.05) is 20.7 Å². The maximum Gasteiger partial charge on any atom is 0.230 e. The monoisotopic (exact) mass is 422 g/mol. The van der Waals surface area contributed by atoms with Crippen LogP contribution in [-0.4, -0.2) is 64.2 Å². The van der Waals surface area contributed by atoms with Crippen LogP contribution in [0.4, 0.5) is 0 Å². The van der Waals surface area contributed by atoms with Gasteiger partial charge in [-0.1, -0.05) is 24.3 Å². The SMILES string of the molecule is COc1cccc(CN2C[C@]34C=C[C@H](O3)[C@@H](C(=O)N(C)Cc3cc(C)[nH]n3)[C@@H]4C2=O)c1. The van der Waals surface area contributed by atoms with Gasteiger partial charge in [-0.3, -0.25) is 14.7 Å². The van der Waals surface area contributed by atoms with Crippen LogP contribution in [0.25, 0.3) is 0 Å². The Hall–Kier alpha value is -3.13. The van der Waals surface area contributed by atoms with Gasteiger partial charge in [0.15, 0.2) is 0 Å². The first-order valence-electron chi connectivity index (χ1n) is 10.4. The summed E-state index contributed by atoms with van der Waals surface area (Å²) in [5, 5.41) is 7.11. The van der Waals surface area contributed by atoms with Crippen LogP contribution in [0.3, 0.4) is 0 Å². The highest BCUT2D eigenvalue weighted by molar-refractivity contribution is 5.93. The normalized spacial score (nSPS) is 28.3. The van der Waals surface area contributed by atoms with E-state index in [1.54, 1.807) is 24.0 Å². The molecule has 1 aromatic heterocycles. The number of hydrogen-bond acceptors (Lipinski definition) is 5. The Morgan fingerprint density at radius 1 is 1.42 bits per heavy atom. The highest BCUT2D eigenvalue weighted by Crippen LogP contribution is 2.52. The lowest BCUT2D eigenvalue weighted by Gasteiger charge is -2.27. The van der Waals surface area contributed by atoms with Gasteiger partial charge in [-0.25, -0.2) is 0 Å². The summed E-state index contributed by atoms with van der Waals surface area (Å²) in [4.78, 5) is 30.2. The van der Waals surface area contributed by atoms with Crippen molar-refractivity contribution in [1.82, 2.24) is 20.0 Å². The summed E-state index contributed by atoms with van der Waals surface area (Å²) in [6.45, 7) is 3.22. The minimum atomic E-state index is -0.718. The molecule has 31 heavy (non-hydrogen) atoms. The number of aromatic amines is 1. The number of rotatable bonds is 6. The second kappa shape index (κ2) is 7.23. The maximum absolute atomic E-state index is 13.4. The molecule has 2 bridgehead atoms. The minimum Gasteiger partial charge on any atom is -0.497 e. The Morgan fingerprint density at radius 3 is 3.00 bits per heavy atom. The first-order valence-corrected chi connectivity index (χ1v) is 10.4. The molecule has 4 atom stereocenters. The number of nitrogens with zero attached hydrogens (tertiary/aromatic N) is 3. The number of aryl methyl sites for hydroxylation is 1. The summed E-state index contributed by atoms with van der Waals surface area (Å²) < 4.78 is 11.5. The molecule has 3 aliphatic rings. The lowest BCUT2D eigenvalue weighted by atomic mass is 9.76. The van der Waals surface area contributed by atoms with Crippen LogP contribution in [0.2, 0.25) is 0 Å². The Balaban J connectivity index is 1.35. The molecule has 0 aliphatic carbocycles. The van der Waals surface area contributed by atoms with E-state index >= 15 is 0 Å². The molecule has 2 amide bonds. The summed E-state index contributed by atoms with van der Waals surface area (Å²) >= 11 is 0. The first-order chi connectivity index (χ1) is 14.9. The molecule has 2 fully saturated rings. The fourth-order valence-corrected chi connectivity index (χ4v) is 5.12. The average molecular weight is 422 g/mol. The molecule has 1 aromatic carbocycles. The fraction of sp³-hybridized carbons (Fsp3) is 0.435. The van der Waals surface area contributed by atoms with Gasteiger partial charge in [-0.05, 0) is 30.7 Å². The van der Waals surface area contributed by atoms with Crippen LogP contribution < -0.4 is 4.74 Å². The van der Waals surface area contributed by atoms with Crippen LogP contribution in [0.5, 0.6) is 5.75 Å². The molecule has 2 aromatic rings. The molecule has 1 N–H and O–H groups in total. The second-order valence-electron chi connectivity index (χ2n) is 8.68. The van der Waals surface area contributed by atoms with Gasteiger partial charge in [0.05, 0.1) is 43.8 Å². The van der Waals surface area contributed by atoms with Crippen LogP contribution in [-0.2, 0) is 27.4 Å². The van der Waals surface area contributed by atoms with E-state index in [0.717, 1.165) is 22.7 Å². The molecule has 8 heteroatoms. The maximum atomic E-state index is 13.4. The molecule has 1 spiro atoms. The lowest BCUT2D eigenvalue weighted by Crippen LogP contribution is -2.44. The van der Waals surface area contributed by atoms with Gasteiger partial charge in [0, 0.05) is 19.3 Å². The van der Waals surface area contributed by atoms with Gasteiger partial charge in [0.2, 0.25) is 11.8 Å². The molecule has 0 saturated carbocycles. The number of benzene rings is 1. The van der Waals surface area contributed by atoms with E-state index < -0.39 is 17.4 Å². The average Bonchev–Trinajstić information content (AvgIpc) is 3.50. The predicted octanol–water partition coefficient (Wildman–Crippen LogP) is 1.67. The van der Waals surface area contributed by atoms with E-state index in [2.05, 4.69) is 10.2 Å². The lowest BCUT2D eigenvalue weighted by molar-refractivity contribution is -0.142. The summed E-state index contributed by atoms with van der Waals surface area (Å²) in [6, 6.07) is 9.60. The van der Waals surface area contributed by atoms with Gasteiger partial charge in [-0.15, -0.1) is 0 Å². The Morgan fingerprint density at radius 2 is 2.26 bits per heavy atom. The molecule has 3 aliphatic heterocycles. The van der Waals surface area contributed by atoms with Crippen LogP contribution in [0, 0.1) is 18.8 Å². The smallest absolute Gasteiger partial charge is 0.230 e. The van der Waals surface area contributed by atoms with E-state index in [-0.39, 0.29) is 17.9 Å². The molecule has 162 valence electrons. The third kappa shape index (κ3) is 3.22. The molecule has 5 rings (SSSR count). The van der Waals surface area contributed by atoms with Crippen LogP contribution >= 0.6 is 0 Å². The molecule has 8 nitrogen and oxygen atoms in total. The Labute approximate surface area is 180 Å². The Bertz CT molecular complexity index is 1060. The molecule has 4 heterocycles. The topological polar surface area (TPSA) is 87.8 Å². The number of nitrogens with one attached hydrogen (secondary N) is 1. The third-order valence-electron chi connectivity index (χ3n) is 6.51. The number of fused-ring (bicyclic) bond motifs is 1. The number of aromatic nitrogens is 2. The minimum absolute atomic E-state index is 0.0305. The zero-order valence-corrected chi connectivity index (χ0v) is 17.9. The van der Waals surface area contributed by atoms with Gasteiger partial charge >= 0.3 is 0 Å². The van der Waals surface area contributed by atoms with Crippen molar-refractivity contribution in [1.29, 1.82) is 0 Å². The molecular formula is C23H26N4O4. The third-order valence-corrected chi connectivity index (χ3v) is 6.51. The molecule has 0 radical (unpaired) electrons. The van der Waals surface area contributed by atoms with E-state index in [1.165, 1.54) is 0 Å². The number of methoxy groups -OCH3 is 1. The number of carbonyl (C=O) groups excluding carboxylic acids is 2. The van der Waals surface area contributed by atoms with Gasteiger partial charge in [0.25, 0.3) is 0 Å². The number of amides is 2. The van der Waals surface area contributed by atoms with Crippen molar-refractivity contribution in [2.45, 2.75) is 31.7 Å². The van der Waals surface area contributed by atoms with Crippen LogP contribution in [0.15, 0.2) is 42.5 Å². The van der Waals surface area contributed by atoms with Gasteiger partial charge in [0.1, 0.15) is 11.4 Å². The van der Waals surface area contributed by atoms with Crippen molar-refractivity contribution < 1.29 is 19.1 Å². The number of carbonyl (C=O) groups is 2. The van der Waals surface area contributed by atoms with E-state index in [1.807, 2.05) is 49.4 Å². The first kappa shape index (κ1) is 19.8. The summed E-state index contributed by atoms with van der Waals surface area (Å²) in [7, 11) is 3.37. The molecule has 2 saturated heterocycles. The van der Waals surface area contributed by atoms with Crippen molar-refractivity contribution >= 4 is 11.8 Å². The highest BCUT2D eigenvalue weighted by Gasteiger charge is 2.67. The van der Waals surface area contributed by atoms with Crippen molar-refractivity contribution in [3.63, 3.8) is 0 Å². The summed E-state index contributed by atoms with van der Waals surface area (Å²) in [6.07, 6.45) is 3.56. The number of H-pyrrole nitrogens is 1. The van der Waals surface area contributed by atoms with Gasteiger partial charge in [-0.2, -0.15) is 5.10 Å². The summed E-state index contributed by atoms with van der Waals surface area (Å²) in [5.41, 5.74) is 2.00. The second-order valence-corrected chi connectivity index (χ2v) is 8.68. The van der Waals surface area contributed by atoms with Crippen molar-refractivity contribution in [3.8, 4) is 5.75 Å². The number of likely N-dealkylation sites (tertiary alicyclic amines) is 1. The quantitative estimate of drug-likeness (QED) is 0.716. The van der Waals surface area contributed by atoms with Crippen molar-refractivity contribution in [3.05, 3.63) is 59.4 Å². The Kier molecular flexibility index (Phi) is 4.62. The standard InChI is InChI=1S/C23H26N4O4/c1-14-9-16(25-24-14)12-26(2)21(28)19-18-7-8-23(31-18)13-27(22(29)20(19)23)11-15-5-4-6-17(10-15)30-3/h4-10,18-20H,11-13H2,1-3H3,(H,24,25)/t18-,19+,20+,23-/m0/s1. The van der Waals surface area contributed by atoms with Gasteiger partial charge < -0.3 is 19.3 Å². The summed E-state index contributed by atoms with van der Waals surface area (Å²) in [5.74, 6) is -0.375. The molecular weight excluding hydrogens is 396 g/mol. The largest absolute Gasteiger partial charge is 0.497 e. The van der Waals surface area contributed by atoms with E-state index in [0.29, 0.717) is 19.6 Å². The van der Waals surface area contributed by atoms with Crippen molar-refractivity contribution in [2.24, 2.45) is 11.8 Å². The van der Waals surface area contributed by atoms with E-state index in [9.17, 15) is 9.59 Å². The highest BCUT2D eigenvalue weighted by atomic mass is 16.5. The zero-order valence-electron chi connectivity index (χ0n) is 17.9. The number of hydrogen-bond donors (Lipinski definition) is 1. The zero-order chi connectivity index (χ0) is 21.8. The predicted molar refractivity (Wildman–Crippen MR) is 112 cm³/mol. The number of ether oxygens (including phenoxy) is 2. The fourth-order valence-electron chi connectivity index (χ4n) is 5.12. The van der Waals surface area contributed by atoms with Crippen LogP contribution in [0.1, 0.15) is 17.0 Å². The van der Waals surface area contributed by atoms with E-state index in [4.69, 9.17) is 9.47 Å².